The van der Waals surface area contributed by atoms with Gasteiger partial charge in [-0.15, -0.1) is 11.3 Å². The lowest BCUT2D eigenvalue weighted by atomic mass is 9.65. The van der Waals surface area contributed by atoms with E-state index in [2.05, 4.69) is 23.9 Å². The summed E-state index contributed by atoms with van der Waals surface area (Å²) in [4.78, 5) is 18.8. The minimum absolute atomic E-state index is 0.0665. The van der Waals surface area contributed by atoms with Crippen LogP contribution in [-0.2, 0) is 15.1 Å². The molecule has 4 nitrogen and oxygen atoms in total. The van der Waals surface area contributed by atoms with Crippen LogP contribution in [0.25, 0.3) is 0 Å². The van der Waals surface area contributed by atoms with Gasteiger partial charge < -0.3 is 9.64 Å². The van der Waals surface area contributed by atoms with Gasteiger partial charge in [0.25, 0.3) is 0 Å². The molecule has 0 bridgehead atoms. The topological polar surface area (TPSA) is 32.8 Å². The number of methoxy groups -OCH3 is 1. The smallest absolute Gasteiger partial charge is 0.231 e. The zero-order chi connectivity index (χ0) is 20.0. The summed E-state index contributed by atoms with van der Waals surface area (Å²) in [5.41, 5.74) is -0.0806. The Balaban J connectivity index is 1.45. The van der Waals surface area contributed by atoms with Crippen LogP contribution in [-0.4, -0.2) is 56.6 Å². The normalized spacial score (nSPS) is 32.1. The predicted octanol–water partition coefficient (Wildman–Crippen LogP) is 4.25. The summed E-state index contributed by atoms with van der Waals surface area (Å²) >= 11 is 1.29. The summed E-state index contributed by atoms with van der Waals surface area (Å²) in [6.07, 6.45) is 8.45. The van der Waals surface area contributed by atoms with E-state index in [1.807, 2.05) is 6.07 Å². The van der Waals surface area contributed by atoms with E-state index in [0.717, 1.165) is 69.3 Å². The van der Waals surface area contributed by atoms with Gasteiger partial charge in [0, 0.05) is 25.1 Å². The Morgan fingerprint density at radius 2 is 1.89 bits per heavy atom. The molecule has 0 unspecified atom stereocenters. The van der Waals surface area contributed by atoms with Crippen LogP contribution < -0.4 is 0 Å². The third-order valence-corrected chi connectivity index (χ3v) is 9.00. The van der Waals surface area contributed by atoms with Crippen molar-refractivity contribution in [3.05, 3.63) is 22.1 Å². The molecule has 1 aromatic rings. The Labute approximate surface area is 172 Å². The quantitative estimate of drug-likeness (QED) is 0.730. The van der Waals surface area contributed by atoms with Crippen LogP contribution in [0.2, 0.25) is 0 Å². The second-order valence-electron chi connectivity index (χ2n) is 9.57. The molecule has 1 spiro atoms. The van der Waals surface area contributed by atoms with Crippen molar-refractivity contribution < 1.29 is 13.9 Å². The maximum absolute atomic E-state index is 13.7. The van der Waals surface area contributed by atoms with Gasteiger partial charge in [-0.2, -0.15) is 4.39 Å². The zero-order valence-electron chi connectivity index (χ0n) is 17.4. The Bertz CT molecular complexity index is 720. The molecule has 0 atom stereocenters. The van der Waals surface area contributed by atoms with Crippen molar-refractivity contribution >= 4 is 17.2 Å². The van der Waals surface area contributed by atoms with Crippen molar-refractivity contribution in [1.82, 2.24) is 9.80 Å². The Kier molecular flexibility index (Phi) is 5.34. The summed E-state index contributed by atoms with van der Waals surface area (Å²) in [6, 6.07) is 3.56. The monoisotopic (exact) mass is 408 g/mol. The van der Waals surface area contributed by atoms with Crippen LogP contribution >= 0.6 is 11.3 Å². The largest absolute Gasteiger partial charge is 0.384 e. The summed E-state index contributed by atoms with van der Waals surface area (Å²) < 4.78 is 19.1. The first-order chi connectivity index (χ1) is 13.3. The van der Waals surface area contributed by atoms with E-state index in [1.54, 1.807) is 13.2 Å². The van der Waals surface area contributed by atoms with E-state index >= 15 is 0 Å². The molecule has 1 saturated heterocycles. The van der Waals surface area contributed by atoms with Crippen molar-refractivity contribution in [2.45, 2.75) is 56.9 Å². The second-order valence-corrected chi connectivity index (χ2v) is 10.6. The Morgan fingerprint density at radius 3 is 2.39 bits per heavy atom. The molecular formula is C22H33FN2O2S. The number of halogens is 1. The molecule has 1 aliphatic heterocycles. The molecule has 3 aliphatic rings. The van der Waals surface area contributed by atoms with Gasteiger partial charge in [0.15, 0.2) is 5.13 Å². The minimum Gasteiger partial charge on any atom is -0.384 e. The summed E-state index contributed by atoms with van der Waals surface area (Å²) in [6.45, 7) is 2.33. The van der Waals surface area contributed by atoms with Crippen molar-refractivity contribution in [3.63, 3.8) is 0 Å². The van der Waals surface area contributed by atoms with Gasteiger partial charge in [0.2, 0.25) is 5.91 Å². The molecule has 3 fully saturated rings. The van der Waals surface area contributed by atoms with Gasteiger partial charge >= 0.3 is 0 Å². The van der Waals surface area contributed by atoms with E-state index in [1.165, 1.54) is 11.3 Å². The fraction of sp³-hybridized carbons (Fsp3) is 0.773. The maximum atomic E-state index is 13.7. The van der Waals surface area contributed by atoms with E-state index in [9.17, 15) is 9.18 Å². The number of hydrogen-bond acceptors (Lipinski definition) is 4. The highest BCUT2D eigenvalue weighted by Gasteiger charge is 2.52. The number of hydrogen-bond donors (Lipinski definition) is 0. The van der Waals surface area contributed by atoms with Crippen LogP contribution in [0.5, 0.6) is 0 Å². The average molecular weight is 409 g/mol. The molecule has 2 saturated carbocycles. The number of carbonyl (C=O) groups excluding carboxylic acids is 1. The molecule has 2 aliphatic carbocycles. The molecule has 2 heterocycles. The highest BCUT2D eigenvalue weighted by Crippen LogP contribution is 2.54. The zero-order valence-corrected chi connectivity index (χ0v) is 18.2. The number of likely N-dealkylation sites (tertiary alicyclic amines) is 1. The Hall–Kier alpha value is -0.980. The minimum atomic E-state index is -0.253. The van der Waals surface area contributed by atoms with Crippen LogP contribution in [0.3, 0.4) is 0 Å². The van der Waals surface area contributed by atoms with Crippen LogP contribution in [0.4, 0.5) is 4.39 Å². The number of carbonyl (C=O) groups is 1. The highest BCUT2D eigenvalue weighted by molar-refractivity contribution is 7.10. The van der Waals surface area contributed by atoms with Gasteiger partial charge in [0.1, 0.15) is 0 Å². The number of thiophene rings is 1. The summed E-state index contributed by atoms with van der Waals surface area (Å²) in [7, 11) is 5.94. The lowest BCUT2D eigenvalue weighted by molar-refractivity contribution is -0.151. The standard InChI is InChI=1S/C22H33FN2O2S/c1-24(2)22(17-5-6-18(23)28-17)11-9-20(10-12-22)13-14-25(15-20)19(26)21(16-27-3)7-4-8-21/h5-6H,4,7-16H2,1-3H3. The maximum Gasteiger partial charge on any atom is 0.231 e. The third-order valence-electron chi connectivity index (χ3n) is 7.94. The second kappa shape index (κ2) is 7.37. The SMILES string of the molecule is COCC1(C(=O)N2CCC3(CCC(c4ccc(F)s4)(N(C)C)CC3)C2)CCC1. The van der Waals surface area contributed by atoms with Crippen LogP contribution in [0.1, 0.15) is 56.2 Å². The highest BCUT2D eigenvalue weighted by atomic mass is 32.1. The van der Waals surface area contributed by atoms with Crippen LogP contribution in [0, 0.1) is 16.0 Å². The molecule has 6 heteroatoms. The molecule has 28 heavy (non-hydrogen) atoms. The van der Waals surface area contributed by atoms with Crippen molar-refractivity contribution in [2.75, 3.05) is 40.9 Å². The van der Waals surface area contributed by atoms with Gasteiger partial charge in [-0.25, -0.2) is 0 Å². The fourth-order valence-corrected chi connectivity index (χ4v) is 6.88. The van der Waals surface area contributed by atoms with E-state index < -0.39 is 0 Å². The summed E-state index contributed by atoms with van der Waals surface area (Å²) in [5.74, 6) is 0.322. The molecule has 0 N–H and O–H groups in total. The van der Waals surface area contributed by atoms with Gasteiger partial charge in [-0.3, -0.25) is 9.69 Å². The van der Waals surface area contributed by atoms with E-state index in [0.29, 0.717) is 12.5 Å². The van der Waals surface area contributed by atoms with E-state index in [4.69, 9.17) is 4.74 Å². The number of amides is 1. The molecule has 0 aromatic carbocycles. The van der Waals surface area contributed by atoms with Gasteiger partial charge in [0.05, 0.1) is 17.6 Å². The first-order valence-corrected chi connectivity index (χ1v) is 11.4. The van der Waals surface area contributed by atoms with E-state index in [-0.39, 0.29) is 21.5 Å². The van der Waals surface area contributed by atoms with Gasteiger partial charge in [-0.05, 0) is 76.6 Å². The third kappa shape index (κ3) is 3.21. The molecule has 0 radical (unpaired) electrons. The average Bonchev–Trinajstić information content (AvgIpc) is 3.26. The first kappa shape index (κ1) is 20.3. The Morgan fingerprint density at radius 1 is 1.18 bits per heavy atom. The number of rotatable bonds is 5. The molecule has 1 aromatic heterocycles. The first-order valence-electron chi connectivity index (χ1n) is 10.6. The molecular weight excluding hydrogens is 375 g/mol. The molecule has 1 amide bonds. The number of ether oxygens (including phenoxy) is 1. The number of nitrogens with zero attached hydrogens (tertiary/aromatic N) is 2. The van der Waals surface area contributed by atoms with Crippen molar-refractivity contribution in [1.29, 1.82) is 0 Å². The molecule has 4 rings (SSSR count). The fourth-order valence-electron chi connectivity index (χ4n) is 5.82. The lowest BCUT2D eigenvalue weighted by Crippen LogP contribution is -2.51. The van der Waals surface area contributed by atoms with Crippen molar-refractivity contribution in [3.8, 4) is 0 Å². The van der Waals surface area contributed by atoms with Gasteiger partial charge in [-0.1, -0.05) is 6.42 Å². The summed E-state index contributed by atoms with van der Waals surface area (Å²) in [5, 5.41) is -0.0990. The van der Waals surface area contributed by atoms with Crippen LogP contribution in [0.15, 0.2) is 12.1 Å². The molecule has 156 valence electrons. The van der Waals surface area contributed by atoms with Crippen molar-refractivity contribution in [2.24, 2.45) is 10.8 Å². The lowest BCUT2D eigenvalue weighted by Gasteiger charge is -2.48. The predicted molar refractivity (Wildman–Crippen MR) is 110 cm³/mol.